The summed E-state index contributed by atoms with van der Waals surface area (Å²) in [5, 5.41) is 13.9. The second-order valence-corrected chi connectivity index (χ2v) is 6.61. The lowest BCUT2D eigenvalue weighted by Crippen LogP contribution is -2.23. The number of ether oxygens (including phenoxy) is 1. The number of nitro groups is 1. The molecule has 0 radical (unpaired) electrons. The van der Waals surface area contributed by atoms with E-state index in [-0.39, 0.29) is 17.4 Å². The molecule has 28 heavy (non-hydrogen) atoms. The topological polar surface area (TPSA) is 93.4 Å². The molecular formula is C19H18FN5O3. The van der Waals surface area contributed by atoms with Gasteiger partial charge >= 0.3 is 5.69 Å². The molecule has 0 amide bonds. The Bertz CT molecular complexity index is 988. The number of nitro benzene ring substituents is 1. The molecule has 1 aliphatic heterocycles. The lowest BCUT2D eigenvalue weighted by Gasteiger charge is -2.24. The number of anilines is 3. The van der Waals surface area contributed by atoms with E-state index >= 15 is 0 Å². The summed E-state index contributed by atoms with van der Waals surface area (Å²) in [6.07, 6.45) is 10.1. The van der Waals surface area contributed by atoms with Gasteiger partial charge in [-0.2, -0.15) is 9.37 Å². The molecule has 2 aromatic rings. The molecule has 144 valence electrons. The molecule has 9 heteroatoms. The first-order valence-corrected chi connectivity index (χ1v) is 8.81. The maximum atomic E-state index is 13.8. The van der Waals surface area contributed by atoms with Crippen LogP contribution in [-0.2, 0) is 0 Å². The highest BCUT2D eigenvalue weighted by atomic mass is 19.1. The summed E-state index contributed by atoms with van der Waals surface area (Å²) in [4.78, 5) is 20.9. The zero-order valence-corrected chi connectivity index (χ0v) is 15.1. The molecule has 2 heterocycles. The van der Waals surface area contributed by atoms with Gasteiger partial charge in [0.05, 0.1) is 17.7 Å². The fraction of sp³-hybridized carbons (Fsp3) is 0.263. The van der Waals surface area contributed by atoms with Crippen molar-refractivity contribution in [2.24, 2.45) is 5.92 Å². The van der Waals surface area contributed by atoms with Crippen molar-refractivity contribution in [1.29, 1.82) is 0 Å². The molecule has 1 aromatic heterocycles. The number of allylic oxidation sites excluding steroid dienone is 2. The molecular weight excluding hydrogens is 365 g/mol. The number of aromatic nitrogens is 2. The van der Waals surface area contributed by atoms with Crippen LogP contribution >= 0.6 is 0 Å². The first-order valence-electron chi connectivity index (χ1n) is 8.81. The van der Waals surface area contributed by atoms with Crippen molar-refractivity contribution >= 4 is 23.1 Å². The Kier molecular flexibility index (Phi) is 4.64. The SMILES string of the molecule is COc1cc(F)c([N+](=O)[O-])cc1Nc1nccc(N2C=CC=C(C3CC3)C2)n1. The molecule has 8 nitrogen and oxygen atoms in total. The Morgan fingerprint density at radius 3 is 2.93 bits per heavy atom. The Labute approximate surface area is 160 Å². The van der Waals surface area contributed by atoms with Gasteiger partial charge in [-0.25, -0.2) is 4.98 Å². The Hall–Kier alpha value is -3.49. The molecule has 1 N–H and O–H groups in total. The monoisotopic (exact) mass is 383 g/mol. The summed E-state index contributed by atoms with van der Waals surface area (Å²) in [5.41, 5.74) is 0.935. The van der Waals surface area contributed by atoms with Gasteiger partial charge in [-0.05, 0) is 36.5 Å². The molecule has 2 aliphatic rings. The van der Waals surface area contributed by atoms with Gasteiger partial charge in [0.15, 0.2) is 0 Å². The van der Waals surface area contributed by atoms with Crippen molar-refractivity contribution in [1.82, 2.24) is 9.97 Å². The molecule has 1 aromatic carbocycles. The van der Waals surface area contributed by atoms with E-state index in [2.05, 4.69) is 21.4 Å². The summed E-state index contributed by atoms with van der Waals surface area (Å²) in [7, 11) is 1.35. The normalized spacial score (nSPS) is 15.9. The molecule has 1 aliphatic carbocycles. The quantitative estimate of drug-likeness (QED) is 0.596. The lowest BCUT2D eigenvalue weighted by molar-refractivity contribution is -0.387. The molecule has 4 rings (SSSR count). The van der Waals surface area contributed by atoms with Crippen LogP contribution in [0, 0.1) is 21.8 Å². The van der Waals surface area contributed by atoms with E-state index in [4.69, 9.17) is 4.74 Å². The van der Waals surface area contributed by atoms with Gasteiger partial charge in [-0.1, -0.05) is 6.08 Å². The predicted octanol–water partition coefficient (Wildman–Crippen LogP) is 3.95. The molecule has 0 unspecified atom stereocenters. The molecule has 0 spiro atoms. The highest BCUT2D eigenvalue weighted by Gasteiger charge is 2.28. The van der Waals surface area contributed by atoms with Crippen molar-refractivity contribution in [3.05, 3.63) is 64.3 Å². The van der Waals surface area contributed by atoms with Crippen LogP contribution in [-0.4, -0.2) is 28.5 Å². The van der Waals surface area contributed by atoms with Gasteiger partial charge in [0.1, 0.15) is 11.6 Å². The lowest BCUT2D eigenvalue weighted by atomic mass is 10.1. The standard InChI is InChI=1S/C19H18FN5O3/c1-28-17-9-14(20)16(25(26)27)10-15(17)22-19-21-7-6-18(23-19)24-8-2-3-13(11-24)12-4-5-12/h2-3,6-10,12H,4-5,11H2,1H3,(H,21,22,23). The van der Waals surface area contributed by atoms with Crippen molar-refractivity contribution in [2.75, 3.05) is 23.9 Å². The third-order valence-electron chi connectivity index (χ3n) is 4.68. The summed E-state index contributed by atoms with van der Waals surface area (Å²) >= 11 is 0. The summed E-state index contributed by atoms with van der Waals surface area (Å²) in [6.45, 7) is 0.767. The summed E-state index contributed by atoms with van der Waals surface area (Å²) < 4.78 is 18.9. The van der Waals surface area contributed by atoms with Crippen LogP contribution in [0.2, 0.25) is 0 Å². The summed E-state index contributed by atoms with van der Waals surface area (Å²) in [6, 6.07) is 3.82. The van der Waals surface area contributed by atoms with Gasteiger partial charge in [-0.3, -0.25) is 10.1 Å². The van der Waals surface area contributed by atoms with E-state index in [0.717, 1.165) is 18.7 Å². The number of methoxy groups -OCH3 is 1. The van der Waals surface area contributed by atoms with E-state index in [1.807, 2.05) is 17.2 Å². The van der Waals surface area contributed by atoms with Crippen LogP contribution in [0.15, 0.2) is 48.3 Å². The van der Waals surface area contributed by atoms with Gasteiger partial charge in [-0.15, -0.1) is 0 Å². The fourth-order valence-corrected chi connectivity index (χ4v) is 3.09. The molecule has 1 saturated carbocycles. The highest BCUT2D eigenvalue weighted by molar-refractivity contribution is 5.67. The second-order valence-electron chi connectivity index (χ2n) is 6.61. The van der Waals surface area contributed by atoms with Gasteiger partial charge in [0.25, 0.3) is 0 Å². The van der Waals surface area contributed by atoms with Crippen molar-refractivity contribution < 1.29 is 14.1 Å². The maximum absolute atomic E-state index is 13.8. The Balaban J connectivity index is 1.59. The third-order valence-corrected chi connectivity index (χ3v) is 4.68. The average molecular weight is 383 g/mol. The smallest absolute Gasteiger partial charge is 0.307 e. The van der Waals surface area contributed by atoms with Crippen LogP contribution in [0.3, 0.4) is 0 Å². The van der Waals surface area contributed by atoms with Gasteiger partial charge in [0, 0.05) is 31.1 Å². The van der Waals surface area contributed by atoms with E-state index in [0.29, 0.717) is 11.7 Å². The van der Waals surface area contributed by atoms with Crippen molar-refractivity contribution in [3.8, 4) is 5.75 Å². The Morgan fingerprint density at radius 2 is 2.21 bits per heavy atom. The summed E-state index contributed by atoms with van der Waals surface area (Å²) in [5.74, 6) is 0.730. The van der Waals surface area contributed by atoms with Crippen LogP contribution in [0.4, 0.5) is 27.5 Å². The zero-order chi connectivity index (χ0) is 19.7. The zero-order valence-electron chi connectivity index (χ0n) is 15.1. The largest absolute Gasteiger partial charge is 0.494 e. The molecule has 0 saturated heterocycles. The van der Waals surface area contributed by atoms with E-state index in [1.54, 1.807) is 12.3 Å². The predicted molar refractivity (Wildman–Crippen MR) is 102 cm³/mol. The van der Waals surface area contributed by atoms with Crippen LogP contribution in [0.1, 0.15) is 12.8 Å². The first kappa shape index (κ1) is 17.9. The average Bonchev–Trinajstić information content (AvgIpc) is 3.54. The third kappa shape index (κ3) is 3.64. The number of benzene rings is 1. The van der Waals surface area contributed by atoms with E-state index < -0.39 is 16.4 Å². The van der Waals surface area contributed by atoms with Crippen LogP contribution < -0.4 is 15.0 Å². The minimum Gasteiger partial charge on any atom is -0.494 e. The number of nitrogens with zero attached hydrogens (tertiary/aromatic N) is 4. The van der Waals surface area contributed by atoms with Crippen molar-refractivity contribution in [3.63, 3.8) is 0 Å². The maximum Gasteiger partial charge on any atom is 0.307 e. The number of halogens is 1. The van der Waals surface area contributed by atoms with Crippen molar-refractivity contribution in [2.45, 2.75) is 12.8 Å². The number of nitrogens with one attached hydrogen (secondary N) is 1. The minimum atomic E-state index is -0.972. The number of hydrogen-bond donors (Lipinski definition) is 1. The van der Waals surface area contributed by atoms with E-state index in [9.17, 15) is 14.5 Å². The second kappa shape index (κ2) is 7.26. The van der Waals surface area contributed by atoms with Gasteiger partial charge in [0.2, 0.25) is 11.8 Å². The van der Waals surface area contributed by atoms with E-state index in [1.165, 1.54) is 25.5 Å². The highest BCUT2D eigenvalue weighted by Crippen LogP contribution is 2.38. The fourth-order valence-electron chi connectivity index (χ4n) is 3.09. The first-order chi connectivity index (χ1) is 13.5. The number of hydrogen-bond acceptors (Lipinski definition) is 7. The molecule has 0 bridgehead atoms. The molecule has 1 fully saturated rings. The molecule has 0 atom stereocenters. The van der Waals surface area contributed by atoms with Crippen LogP contribution in [0.5, 0.6) is 5.75 Å². The number of rotatable bonds is 6. The Morgan fingerprint density at radius 1 is 1.39 bits per heavy atom. The minimum absolute atomic E-state index is 0.119. The van der Waals surface area contributed by atoms with Gasteiger partial charge < -0.3 is 15.0 Å². The van der Waals surface area contributed by atoms with Crippen LogP contribution in [0.25, 0.3) is 0 Å².